The number of rotatable bonds is 4. The maximum absolute atomic E-state index is 5.46. The zero-order chi connectivity index (χ0) is 16.5. The van der Waals surface area contributed by atoms with E-state index in [9.17, 15) is 0 Å². The van der Waals surface area contributed by atoms with Gasteiger partial charge in [-0.3, -0.25) is 0 Å². The van der Waals surface area contributed by atoms with E-state index in [1.54, 1.807) is 0 Å². The molecule has 0 aliphatic carbocycles. The van der Waals surface area contributed by atoms with Gasteiger partial charge in [-0.15, -0.1) is 0 Å². The summed E-state index contributed by atoms with van der Waals surface area (Å²) < 4.78 is 21.6. The number of fused-ring (bicyclic) bond motifs is 2. The van der Waals surface area contributed by atoms with Crippen LogP contribution in [0.5, 0.6) is 23.0 Å². The topological polar surface area (TPSA) is 36.9 Å². The molecule has 0 spiro atoms. The first kappa shape index (κ1) is 14.9. The Labute approximate surface area is 141 Å². The molecule has 24 heavy (non-hydrogen) atoms. The fraction of sp³-hybridized carbons (Fsp3) is 0.300. The Kier molecular flexibility index (Phi) is 3.81. The van der Waals surface area contributed by atoms with E-state index in [-0.39, 0.29) is 0 Å². The summed E-state index contributed by atoms with van der Waals surface area (Å²) >= 11 is 0. The summed E-state index contributed by atoms with van der Waals surface area (Å²) in [5.41, 5.74) is 5.21. The molecular formula is C20H20O4. The van der Waals surface area contributed by atoms with Crippen LogP contribution >= 0.6 is 0 Å². The number of benzene rings is 2. The molecule has 0 amide bonds. The highest BCUT2D eigenvalue weighted by molar-refractivity contribution is 5.47. The summed E-state index contributed by atoms with van der Waals surface area (Å²) in [6.07, 6.45) is 1.82. The van der Waals surface area contributed by atoms with E-state index < -0.39 is 0 Å². The van der Waals surface area contributed by atoms with Gasteiger partial charge in [0.15, 0.2) is 23.0 Å². The van der Waals surface area contributed by atoms with Crippen molar-refractivity contribution in [3.05, 3.63) is 58.7 Å². The summed E-state index contributed by atoms with van der Waals surface area (Å²) in [6, 6.07) is 12.3. The number of hydrogen-bond donors (Lipinski definition) is 0. The van der Waals surface area contributed by atoms with Crippen LogP contribution in [-0.4, -0.2) is 13.6 Å². The molecule has 4 nitrogen and oxygen atoms in total. The van der Waals surface area contributed by atoms with Gasteiger partial charge >= 0.3 is 0 Å². The van der Waals surface area contributed by atoms with Crippen molar-refractivity contribution in [2.45, 2.75) is 26.7 Å². The lowest BCUT2D eigenvalue weighted by molar-refractivity contribution is 0.173. The second-order valence-corrected chi connectivity index (χ2v) is 6.29. The Hall–Kier alpha value is -2.62. The first-order valence-corrected chi connectivity index (χ1v) is 8.11. The standard InChI is InChI=1S/C20H20O4/c1-13(7-15-3-5-17-19(9-15)23-11-21-17)14(2)8-16-4-6-18-20(10-16)24-12-22-18/h3-6,9-10H,7-8,11-12H2,1-2H3. The second kappa shape index (κ2) is 6.11. The molecule has 0 saturated carbocycles. The molecule has 0 atom stereocenters. The van der Waals surface area contributed by atoms with Crippen molar-refractivity contribution in [2.24, 2.45) is 0 Å². The third kappa shape index (κ3) is 2.92. The molecule has 4 heteroatoms. The molecule has 2 aliphatic heterocycles. The number of hydrogen-bond acceptors (Lipinski definition) is 4. The van der Waals surface area contributed by atoms with E-state index in [2.05, 4.69) is 38.1 Å². The van der Waals surface area contributed by atoms with Crippen molar-refractivity contribution in [1.82, 2.24) is 0 Å². The largest absolute Gasteiger partial charge is 0.454 e. The van der Waals surface area contributed by atoms with Crippen molar-refractivity contribution in [2.75, 3.05) is 13.6 Å². The lowest BCUT2D eigenvalue weighted by Crippen LogP contribution is -1.95. The molecule has 4 rings (SSSR count). The molecule has 0 N–H and O–H groups in total. The molecule has 124 valence electrons. The van der Waals surface area contributed by atoms with E-state index in [1.165, 1.54) is 22.3 Å². The fourth-order valence-electron chi connectivity index (χ4n) is 3.02. The lowest BCUT2D eigenvalue weighted by atomic mass is 9.97. The third-order valence-corrected chi connectivity index (χ3v) is 4.54. The molecule has 2 aromatic rings. The van der Waals surface area contributed by atoms with Gasteiger partial charge in [0.05, 0.1) is 0 Å². The predicted molar refractivity (Wildman–Crippen MR) is 90.9 cm³/mol. The Morgan fingerprint density at radius 2 is 1.08 bits per heavy atom. The normalized spacial score (nSPS) is 15.4. The van der Waals surface area contributed by atoms with Crippen LogP contribution in [0.4, 0.5) is 0 Å². The molecule has 0 unspecified atom stereocenters. The van der Waals surface area contributed by atoms with Gasteiger partial charge in [0.2, 0.25) is 13.6 Å². The smallest absolute Gasteiger partial charge is 0.231 e. The highest BCUT2D eigenvalue weighted by Gasteiger charge is 2.15. The number of allylic oxidation sites excluding steroid dienone is 2. The van der Waals surface area contributed by atoms with Crippen LogP contribution in [-0.2, 0) is 12.8 Å². The lowest BCUT2D eigenvalue weighted by Gasteiger charge is -2.10. The van der Waals surface area contributed by atoms with Gasteiger partial charge in [0.1, 0.15) is 0 Å². The third-order valence-electron chi connectivity index (χ3n) is 4.54. The molecule has 0 bridgehead atoms. The minimum atomic E-state index is 0.316. The average molecular weight is 324 g/mol. The molecule has 2 aliphatic rings. The predicted octanol–water partition coefficient (Wildman–Crippen LogP) is 4.27. The van der Waals surface area contributed by atoms with Gasteiger partial charge in [-0.25, -0.2) is 0 Å². The highest BCUT2D eigenvalue weighted by Crippen LogP contribution is 2.34. The zero-order valence-electron chi connectivity index (χ0n) is 13.9. The van der Waals surface area contributed by atoms with Crippen molar-refractivity contribution in [1.29, 1.82) is 0 Å². The summed E-state index contributed by atoms with van der Waals surface area (Å²) in [5.74, 6) is 3.34. The van der Waals surface area contributed by atoms with Gasteiger partial charge in [-0.1, -0.05) is 23.3 Å². The fourth-order valence-corrected chi connectivity index (χ4v) is 3.02. The van der Waals surface area contributed by atoms with Gasteiger partial charge < -0.3 is 18.9 Å². The number of ether oxygens (including phenoxy) is 4. The first-order valence-electron chi connectivity index (χ1n) is 8.11. The molecule has 2 heterocycles. The van der Waals surface area contributed by atoms with E-state index >= 15 is 0 Å². The van der Waals surface area contributed by atoms with Crippen molar-refractivity contribution in [3.8, 4) is 23.0 Å². The van der Waals surface area contributed by atoms with Crippen LogP contribution in [0, 0.1) is 0 Å². The highest BCUT2D eigenvalue weighted by atomic mass is 16.7. The minimum absolute atomic E-state index is 0.316. The quantitative estimate of drug-likeness (QED) is 0.787. The Balaban J connectivity index is 1.48. The molecule has 0 radical (unpaired) electrons. The zero-order valence-corrected chi connectivity index (χ0v) is 13.9. The van der Waals surface area contributed by atoms with Gasteiger partial charge in [0, 0.05) is 0 Å². The van der Waals surface area contributed by atoms with Gasteiger partial charge in [-0.05, 0) is 62.1 Å². The molecular weight excluding hydrogens is 304 g/mol. The molecule has 0 fully saturated rings. The molecule has 0 aromatic heterocycles. The van der Waals surface area contributed by atoms with Crippen LogP contribution in [0.25, 0.3) is 0 Å². The minimum Gasteiger partial charge on any atom is -0.454 e. The van der Waals surface area contributed by atoms with Crippen LogP contribution in [0.1, 0.15) is 25.0 Å². The van der Waals surface area contributed by atoms with Crippen LogP contribution in [0.15, 0.2) is 47.5 Å². The Bertz CT molecular complexity index is 740. The van der Waals surface area contributed by atoms with Crippen LogP contribution < -0.4 is 18.9 Å². The van der Waals surface area contributed by atoms with Crippen LogP contribution in [0.3, 0.4) is 0 Å². The summed E-state index contributed by atoms with van der Waals surface area (Å²) in [6.45, 7) is 5.01. The summed E-state index contributed by atoms with van der Waals surface area (Å²) in [4.78, 5) is 0. The van der Waals surface area contributed by atoms with Gasteiger partial charge in [-0.2, -0.15) is 0 Å². The summed E-state index contributed by atoms with van der Waals surface area (Å²) in [5, 5.41) is 0. The summed E-state index contributed by atoms with van der Waals surface area (Å²) in [7, 11) is 0. The SMILES string of the molecule is CC(Cc1ccc2c(c1)OCO2)=C(C)Cc1ccc2c(c1)OCO2. The van der Waals surface area contributed by atoms with Crippen molar-refractivity contribution >= 4 is 0 Å². The second-order valence-electron chi connectivity index (χ2n) is 6.29. The monoisotopic (exact) mass is 324 g/mol. The molecule has 2 aromatic carbocycles. The van der Waals surface area contributed by atoms with Crippen molar-refractivity contribution in [3.63, 3.8) is 0 Å². The van der Waals surface area contributed by atoms with E-state index in [1.807, 2.05) is 12.1 Å². The van der Waals surface area contributed by atoms with Gasteiger partial charge in [0.25, 0.3) is 0 Å². The maximum atomic E-state index is 5.46. The van der Waals surface area contributed by atoms with E-state index in [4.69, 9.17) is 18.9 Å². The molecule has 0 saturated heterocycles. The first-order chi connectivity index (χ1) is 11.7. The van der Waals surface area contributed by atoms with Crippen molar-refractivity contribution < 1.29 is 18.9 Å². The van der Waals surface area contributed by atoms with E-state index in [0.717, 1.165) is 35.8 Å². The Morgan fingerprint density at radius 3 is 1.54 bits per heavy atom. The maximum Gasteiger partial charge on any atom is 0.231 e. The van der Waals surface area contributed by atoms with E-state index in [0.29, 0.717) is 13.6 Å². The Morgan fingerprint density at radius 1 is 0.667 bits per heavy atom. The average Bonchev–Trinajstić information content (AvgIpc) is 3.22. The van der Waals surface area contributed by atoms with Crippen LogP contribution in [0.2, 0.25) is 0 Å².